The number of aromatic nitrogens is 1. The molecule has 0 bridgehead atoms. The molecule has 4 nitrogen and oxygen atoms in total. The van der Waals surface area contributed by atoms with Gasteiger partial charge in [-0.1, -0.05) is 60.2 Å². The van der Waals surface area contributed by atoms with E-state index in [1.54, 1.807) is 24.5 Å². The molecule has 2 heterocycles. The van der Waals surface area contributed by atoms with E-state index in [4.69, 9.17) is 4.42 Å². The van der Waals surface area contributed by atoms with Gasteiger partial charge in [0.25, 0.3) is 0 Å². The number of para-hydroxylation sites is 1. The first-order chi connectivity index (χ1) is 17.1. The molecular weight excluding hydrogens is 439 g/mol. The molecule has 176 valence electrons. The highest BCUT2D eigenvalue weighted by Crippen LogP contribution is 2.35. The largest absolute Gasteiger partial charge is 0.467 e. The molecule has 2 aromatic heterocycles. The maximum Gasteiger partial charge on any atom is 0.221 e. The summed E-state index contributed by atoms with van der Waals surface area (Å²) in [7, 11) is 0. The molecule has 0 saturated heterocycles. The molecule has 0 aliphatic heterocycles. The second-order valence-corrected chi connectivity index (χ2v) is 8.88. The van der Waals surface area contributed by atoms with Crippen molar-refractivity contribution in [1.29, 1.82) is 0 Å². The van der Waals surface area contributed by atoms with E-state index in [9.17, 15) is 9.18 Å². The number of halogens is 1. The van der Waals surface area contributed by atoms with Crippen LogP contribution in [-0.4, -0.2) is 10.5 Å². The van der Waals surface area contributed by atoms with Crippen molar-refractivity contribution >= 4 is 16.8 Å². The van der Waals surface area contributed by atoms with Gasteiger partial charge in [-0.15, -0.1) is 0 Å². The van der Waals surface area contributed by atoms with Crippen LogP contribution in [0.1, 0.15) is 40.4 Å². The highest BCUT2D eigenvalue weighted by Gasteiger charge is 2.23. The molecule has 5 rings (SSSR count). The van der Waals surface area contributed by atoms with Gasteiger partial charge in [0.05, 0.1) is 12.8 Å². The van der Waals surface area contributed by atoms with E-state index < -0.39 is 0 Å². The lowest BCUT2D eigenvalue weighted by molar-refractivity contribution is -0.121. The standard InChI is InChI=1S/C30H27FN2O2/c1-21-8-10-22(11-9-21)19-33-20-28(26-6-2-3-7-29(26)33)27(23-12-14-24(31)15-13-23)17-30(34)32-18-25-5-4-16-35-25/h2-16,20,27H,17-19H2,1H3,(H,32,34)/t27-/m1/s1. The van der Waals surface area contributed by atoms with Gasteiger partial charge in [0, 0.05) is 36.0 Å². The molecule has 0 saturated carbocycles. The molecule has 5 heteroatoms. The van der Waals surface area contributed by atoms with Crippen LogP contribution in [0.3, 0.4) is 0 Å². The van der Waals surface area contributed by atoms with E-state index in [0.717, 1.165) is 28.6 Å². The second-order valence-electron chi connectivity index (χ2n) is 8.88. The summed E-state index contributed by atoms with van der Waals surface area (Å²) in [5, 5.41) is 4.04. The molecule has 1 N–H and O–H groups in total. The first kappa shape index (κ1) is 22.7. The molecule has 0 aliphatic rings. The molecule has 3 aromatic carbocycles. The zero-order valence-electron chi connectivity index (χ0n) is 19.6. The number of benzene rings is 3. The summed E-state index contributed by atoms with van der Waals surface area (Å²) in [4.78, 5) is 13.0. The fourth-order valence-electron chi connectivity index (χ4n) is 4.53. The van der Waals surface area contributed by atoms with Crippen molar-refractivity contribution in [3.63, 3.8) is 0 Å². The second kappa shape index (κ2) is 10.0. The van der Waals surface area contributed by atoms with Crippen molar-refractivity contribution in [3.05, 3.63) is 131 Å². The Balaban J connectivity index is 1.50. The van der Waals surface area contributed by atoms with Crippen LogP contribution in [0.2, 0.25) is 0 Å². The Kier molecular flexibility index (Phi) is 6.49. The van der Waals surface area contributed by atoms with Gasteiger partial charge >= 0.3 is 0 Å². The zero-order chi connectivity index (χ0) is 24.2. The van der Waals surface area contributed by atoms with Gasteiger partial charge in [-0.05, 0) is 53.9 Å². The Bertz CT molecular complexity index is 1420. The first-order valence-corrected chi connectivity index (χ1v) is 11.7. The quantitative estimate of drug-likeness (QED) is 0.281. The molecule has 0 aliphatic carbocycles. The number of aryl methyl sites for hydroxylation is 1. The monoisotopic (exact) mass is 466 g/mol. The Morgan fingerprint density at radius 1 is 0.971 bits per heavy atom. The fraction of sp³-hybridized carbons (Fsp3) is 0.167. The summed E-state index contributed by atoms with van der Waals surface area (Å²) < 4.78 is 21.3. The first-order valence-electron chi connectivity index (χ1n) is 11.7. The molecule has 0 radical (unpaired) electrons. The normalized spacial score (nSPS) is 12.1. The summed E-state index contributed by atoms with van der Waals surface area (Å²) in [6, 6.07) is 26.8. The van der Waals surface area contributed by atoms with Crippen molar-refractivity contribution in [2.45, 2.75) is 32.4 Å². The van der Waals surface area contributed by atoms with Crippen LogP contribution in [0.15, 0.2) is 102 Å². The fourth-order valence-corrected chi connectivity index (χ4v) is 4.53. The number of rotatable bonds is 8. The van der Waals surface area contributed by atoms with Crippen LogP contribution in [0, 0.1) is 12.7 Å². The smallest absolute Gasteiger partial charge is 0.221 e. The maximum absolute atomic E-state index is 13.7. The van der Waals surface area contributed by atoms with Crippen LogP contribution in [0.5, 0.6) is 0 Å². The maximum atomic E-state index is 13.7. The number of carbonyl (C=O) groups excluding carboxylic acids is 1. The van der Waals surface area contributed by atoms with Gasteiger partial charge in [0.2, 0.25) is 5.91 Å². The van der Waals surface area contributed by atoms with Gasteiger partial charge in [0.1, 0.15) is 11.6 Å². The average Bonchev–Trinajstić information content (AvgIpc) is 3.52. The van der Waals surface area contributed by atoms with Gasteiger partial charge in [0.15, 0.2) is 0 Å². The number of hydrogen-bond acceptors (Lipinski definition) is 2. The topological polar surface area (TPSA) is 47.2 Å². The number of amides is 1. The Morgan fingerprint density at radius 2 is 1.74 bits per heavy atom. The minimum absolute atomic E-state index is 0.0916. The lowest BCUT2D eigenvalue weighted by Gasteiger charge is -2.17. The Labute approximate surface area is 204 Å². The third-order valence-corrected chi connectivity index (χ3v) is 6.37. The average molecular weight is 467 g/mol. The Hall–Kier alpha value is -4.12. The van der Waals surface area contributed by atoms with E-state index in [1.807, 2.05) is 18.2 Å². The molecular formula is C30H27FN2O2. The molecule has 0 unspecified atom stereocenters. The summed E-state index contributed by atoms with van der Waals surface area (Å²) >= 11 is 0. The molecule has 0 spiro atoms. The highest BCUT2D eigenvalue weighted by atomic mass is 19.1. The summed E-state index contributed by atoms with van der Waals surface area (Å²) in [5.74, 6) is 0.0883. The molecule has 1 atom stereocenters. The van der Waals surface area contributed by atoms with E-state index in [1.165, 1.54) is 23.3 Å². The van der Waals surface area contributed by atoms with E-state index in [-0.39, 0.29) is 24.1 Å². The van der Waals surface area contributed by atoms with E-state index in [2.05, 4.69) is 59.4 Å². The Morgan fingerprint density at radius 3 is 2.49 bits per heavy atom. The highest BCUT2D eigenvalue weighted by molar-refractivity contribution is 5.86. The van der Waals surface area contributed by atoms with Crippen molar-refractivity contribution in [3.8, 4) is 0 Å². The lowest BCUT2D eigenvalue weighted by atomic mass is 9.88. The van der Waals surface area contributed by atoms with Crippen LogP contribution >= 0.6 is 0 Å². The van der Waals surface area contributed by atoms with Gasteiger partial charge in [-0.2, -0.15) is 0 Å². The summed E-state index contributed by atoms with van der Waals surface area (Å²) in [6.07, 6.45) is 3.97. The van der Waals surface area contributed by atoms with Crippen LogP contribution in [-0.2, 0) is 17.9 Å². The van der Waals surface area contributed by atoms with Crippen LogP contribution in [0.25, 0.3) is 10.9 Å². The molecule has 0 fully saturated rings. The number of fused-ring (bicyclic) bond motifs is 1. The minimum Gasteiger partial charge on any atom is -0.467 e. The number of nitrogens with zero attached hydrogens (tertiary/aromatic N) is 1. The van der Waals surface area contributed by atoms with Crippen molar-refractivity contribution < 1.29 is 13.6 Å². The lowest BCUT2D eigenvalue weighted by Crippen LogP contribution is -2.24. The number of nitrogens with one attached hydrogen (secondary N) is 1. The summed E-state index contributed by atoms with van der Waals surface area (Å²) in [5.41, 5.74) is 5.48. The summed E-state index contributed by atoms with van der Waals surface area (Å²) in [6.45, 7) is 3.13. The van der Waals surface area contributed by atoms with Gasteiger partial charge in [-0.3, -0.25) is 4.79 Å². The van der Waals surface area contributed by atoms with Crippen LogP contribution in [0.4, 0.5) is 4.39 Å². The SMILES string of the molecule is Cc1ccc(Cn2cc([C@H](CC(=O)NCc3ccco3)c3ccc(F)cc3)c3ccccc32)cc1. The molecule has 35 heavy (non-hydrogen) atoms. The third kappa shape index (κ3) is 5.19. The predicted molar refractivity (Wildman–Crippen MR) is 136 cm³/mol. The van der Waals surface area contributed by atoms with Gasteiger partial charge in [-0.25, -0.2) is 4.39 Å². The van der Waals surface area contributed by atoms with E-state index >= 15 is 0 Å². The number of carbonyl (C=O) groups is 1. The molecule has 1 amide bonds. The van der Waals surface area contributed by atoms with Gasteiger partial charge < -0.3 is 14.3 Å². The van der Waals surface area contributed by atoms with Crippen molar-refractivity contribution in [2.24, 2.45) is 0 Å². The van der Waals surface area contributed by atoms with E-state index in [0.29, 0.717) is 12.3 Å². The van der Waals surface area contributed by atoms with Crippen molar-refractivity contribution in [1.82, 2.24) is 9.88 Å². The molecule has 5 aromatic rings. The number of furan rings is 1. The number of hydrogen-bond donors (Lipinski definition) is 1. The predicted octanol–water partition coefficient (Wildman–Crippen LogP) is 6.57. The minimum atomic E-state index is -0.295. The van der Waals surface area contributed by atoms with Crippen LogP contribution < -0.4 is 5.32 Å². The third-order valence-electron chi connectivity index (χ3n) is 6.37. The van der Waals surface area contributed by atoms with Crippen molar-refractivity contribution in [2.75, 3.05) is 0 Å². The zero-order valence-corrected chi connectivity index (χ0v) is 19.6.